The van der Waals surface area contributed by atoms with Crippen molar-refractivity contribution in [2.45, 2.75) is 29.1 Å². The summed E-state index contributed by atoms with van der Waals surface area (Å²) in [5.41, 5.74) is 0.910. The summed E-state index contributed by atoms with van der Waals surface area (Å²) in [4.78, 5) is 27.9. The molecular weight excluding hydrogens is 448 g/mol. The van der Waals surface area contributed by atoms with Gasteiger partial charge in [-0.05, 0) is 49.8 Å². The highest BCUT2D eigenvalue weighted by atomic mass is 32.2. The molecule has 1 amide bonds. The van der Waals surface area contributed by atoms with Crippen molar-refractivity contribution in [1.29, 1.82) is 0 Å². The van der Waals surface area contributed by atoms with Gasteiger partial charge in [0, 0.05) is 29.6 Å². The molecule has 0 bridgehead atoms. The maximum absolute atomic E-state index is 13.6. The summed E-state index contributed by atoms with van der Waals surface area (Å²) in [5, 5.41) is 0.480. The summed E-state index contributed by atoms with van der Waals surface area (Å²) < 4.78 is 33.1. The number of amides is 1. The van der Waals surface area contributed by atoms with Crippen molar-refractivity contribution in [1.82, 2.24) is 8.87 Å². The Morgan fingerprint density at radius 3 is 2.41 bits per heavy atom. The summed E-state index contributed by atoms with van der Waals surface area (Å²) in [7, 11) is -2.82. The number of aromatic nitrogens is 1. The number of hydrogen-bond donors (Lipinski definition) is 0. The molecule has 1 aromatic heterocycles. The van der Waals surface area contributed by atoms with Gasteiger partial charge in [-0.15, -0.1) is 11.8 Å². The van der Waals surface area contributed by atoms with Crippen LogP contribution in [0.1, 0.15) is 40.0 Å². The number of nitrogens with zero attached hydrogens (tertiary/aromatic N) is 2. The van der Waals surface area contributed by atoms with E-state index in [1.807, 2.05) is 6.26 Å². The quantitative estimate of drug-likeness (QED) is 0.412. The number of piperidine rings is 1. The van der Waals surface area contributed by atoms with Gasteiger partial charge in [0.05, 0.1) is 28.6 Å². The smallest absolute Gasteiger partial charge is 0.340 e. The van der Waals surface area contributed by atoms with Gasteiger partial charge >= 0.3 is 5.97 Å². The molecule has 2 heterocycles. The average Bonchev–Trinajstić information content (AvgIpc) is 3.24. The number of rotatable bonds is 5. The fourth-order valence-electron chi connectivity index (χ4n) is 4.02. The van der Waals surface area contributed by atoms with E-state index in [0.717, 1.165) is 28.1 Å². The molecule has 1 saturated heterocycles. The molecule has 0 atom stereocenters. The molecule has 0 spiro atoms. The molecule has 9 heteroatoms. The van der Waals surface area contributed by atoms with Gasteiger partial charge in [-0.2, -0.15) is 0 Å². The van der Waals surface area contributed by atoms with Crippen LogP contribution in [0.2, 0.25) is 0 Å². The van der Waals surface area contributed by atoms with E-state index in [-0.39, 0.29) is 16.4 Å². The molecule has 168 valence electrons. The van der Waals surface area contributed by atoms with Crippen LogP contribution in [0.3, 0.4) is 0 Å². The second-order valence-corrected chi connectivity index (χ2v) is 10.2. The van der Waals surface area contributed by atoms with Crippen LogP contribution in [0, 0.1) is 0 Å². The number of likely N-dealkylation sites (tertiary alicyclic amines) is 1. The highest BCUT2D eigenvalue weighted by Crippen LogP contribution is 2.30. The van der Waals surface area contributed by atoms with Gasteiger partial charge in [-0.25, -0.2) is 17.2 Å². The van der Waals surface area contributed by atoms with E-state index in [4.69, 9.17) is 4.74 Å². The Balaban J connectivity index is 1.83. The molecule has 7 nitrogen and oxygen atoms in total. The van der Waals surface area contributed by atoms with Crippen LogP contribution in [-0.2, 0) is 14.8 Å². The first-order chi connectivity index (χ1) is 15.4. The first kappa shape index (κ1) is 22.4. The Kier molecular flexibility index (Phi) is 6.30. The Labute approximate surface area is 191 Å². The van der Waals surface area contributed by atoms with Crippen molar-refractivity contribution in [3.05, 3.63) is 59.8 Å². The average molecular weight is 473 g/mol. The predicted octanol–water partition coefficient (Wildman–Crippen LogP) is 4.01. The van der Waals surface area contributed by atoms with Gasteiger partial charge < -0.3 is 9.64 Å². The zero-order valence-electron chi connectivity index (χ0n) is 17.9. The molecule has 1 aliphatic rings. The van der Waals surface area contributed by atoms with Gasteiger partial charge in [0.25, 0.3) is 15.9 Å². The lowest BCUT2D eigenvalue weighted by atomic mass is 10.1. The van der Waals surface area contributed by atoms with Crippen LogP contribution >= 0.6 is 11.8 Å². The number of benzene rings is 2. The minimum atomic E-state index is -4.07. The second-order valence-electron chi connectivity index (χ2n) is 7.57. The Morgan fingerprint density at radius 1 is 1.00 bits per heavy atom. The standard InChI is InChI=1S/C23H24N2O5S2/c1-30-23(27)19-15-25(20-9-5-4-8-17(19)20)32(28,29)16-10-11-21(31-2)18(14-16)22(26)24-12-6-3-7-13-24/h4-5,8-11,14-15H,3,6-7,12-13H2,1-2H3. The van der Waals surface area contributed by atoms with Crippen molar-refractivity contribution in [3.8, 4) is 0 Å². The van der Waals surface area contributed by atoms with E-state index in [1.54, 1.807) is 35.2 Å². The van der Waals surface area contributed by atoms with Crippen molar-refractivity contribution >= 4 is 44.6 Å². The summed E-state index contributed by atoms with van der Waals surface area (Å²) in [6.07, 6.45) is 6.13. The largest absolute Gasteiger partial charge is 0.465 e. The van der Waals surface area contributed by atoms with Crippen LogP contribution < -0.4 is 0 Å². The number of para-hydroxylation sites is 1. The molecule has 2 aromatic carbocycles. The molecular formula is C23H24N2O5S2. The number of hydrogen-bond acceptors (Lipinski definition) is 6. The highest BCUT2D eigenvalue weighted by Gasteiger charge is 2.27. The normalized spacial score (nSPS) is 14.5. The number of methoxy groups -OCH3 is 1. The van der Waals surface area contributed by atoms with E-state index < -0.39 is 16.0 Å². The summed E-state index contributed by atoms with van der Waals surface area (Å²) in [5.74, 6) is -0.771. The zero-order chi connectivity index (χ0) is 22.9. The monoisotopic (exact) mass is 472 g/mol. The van der Waals surface area contributed by atoms with Crippen molar-refractivity contribution in [2.24, 2.45) is 0 Å². The van der Waals surface area contributed by atoms with Crippen LogP contribution in [-0.4, -0.2) is 55.6 Å². The molecule has 1 fully saturated rings. The number of carbonyl (C=O) groups is 2. The van der Waals surface area contributed by atoms with Crippen molar-refractivity contribution in [3.63, 3.8) is 0 Å². The fraction of sp³-hybridized carbons (Fsp3) is 0.304. The number of carbonyl (C=O) groups excluding carboxylic acids is 2. The molecule has 1 aliphatic heterocycles. The molecule has 32 heavy (non-hydrogen) atoms. The van der Waals surface area contributed by atoms with E-state index in [0.29, 0.717) is 29.6 Å². The molecule has 0 N–H and O–H groups in total. The van der Waals surface area contributed by atoms with E-state index >= 15 is 0 Å². The minimum absolute atomic E-state index is 0.00664. The molecule has 0 radical (unpaired) electrons. The predicted molar refractivity (Wildman–Crippen MR) is 124 cm³/mol. The number of fused-ring (bicyclic) bond motifs is 1. The lowest BCUT2D eigenvalue weighted by Crippen LogP contribution is -2.36. The molecule has 0 aliphatic carbocycles. The van der Waals surface area contributed by atoms with Crippen LogP contribution in [0.15, 0.2) is 58.5 Å². The maximum atomic E-state index is 13.6. The second kappa shape index (κ2) is 8.99. The van der Waals surface area contributed by atoms with Gasteiger partial charge in [0.2, 0.25) is 0 Å². The number of thioether (sulfide) groups is 1. The third-order valence-corrected chi connectivity index (χ3v) is 8.15. The van der Waals surface area contributed by atoms with Gasteiger partial charge in [0.1, 0.15) is 0 Å². The Hall–Kier alpha value is -2.78. The zero-order valence-corrected chi connectivity index (χ0v) is 19.5. The lowest BCUT2D eigenvalue weighted by molar-refractivity contribution is 0.0602. The molecule has 4 rings (SSSR count). The topological polar surface area (TPSA) is 85.7 Å². The van der Waals surface area contributed by atoms with E-state index in [1.165, 1.54) is 37.2 Å². The summed E-state index contributed by atoms with van der Waals surface area (Å²) >= 11 is 1.41. The number of ether oxygens (including phenoxy) is 1. The summed E-state index contributed by atoms with van der Waals surface area (Å²) in [6.45, 7) is 1.35. The van der Waals surface area contributed by atoms with Gasteiger partial charge in [0.15, 0.2) is 0 Å². The first-order valence-electron chi connectivity index (χ1n) is 10.3. The Morgan fingerprint density at radius 2 is 1.72 bits per heavy atom. The maximum Gasteiger partial charge on any atom is 0.340 e. The fourth-order valence-corrected chi connectivity index (χ4v) is 5.98. The van der Waals surface area contributed by atoms with E-state index in [9.17, 15) is 18.0 Å². The summed E-state index contributed by atoms with van der Waals surface area (Å²) in [6, 6.07) is 11.4. The lowest BCUT2D eigenvalue weighted by Gasteiger charge is -2.27. The van der Waals surface area contributed by atoms with Gasteiger partial charge in [-0.3, -0.25) is 4.79 Å². The third kappa shape index (κ3) is 3.91. The minimum Gasteiger partial charge on any atom is -0.465 e. The first-order valence-corrected chi connectivity index (χ1v) is 13.0. The van der Waals surface area contributed by atoms with Crippen LogP contribution in [0.5, 0.6) is 0 Å². The molecule has 0 unspecified atom stereocenters. The van der Waals surface area contributed by atoms with E-state index in [2.05, 4.69) is 0 Å². The van der Waals surface area contributed by atoms with Crippen LogP contribution in [0.25, 0.3) is 10.9 Å². The van der Waals surface area contributed by atoms with Gasteiger partial charge in [-0.1, -0.05) is 18.2 Å². The van der Waals surface area contributed by atoms with Crippen molar-refractivity contribution in [2.75, 3.05) is 26.5 Å². The van der Waals surface area contributed by atoms with Crippen LogP contribution in [0.4, 0.5) is 0 Å². The van der Waals surface area contributed by atoms with Crippen molar-refractivity contribution < 1.29 is 22.7 Å². The third-order valence-electron chi connectivity index (χ3n) is 5.68. The molecule has 3 aromatic rings. The molecule has 0 saturated carbocycles. The highest BCUT2D eigenvalue weighted by molar-refractivity contribution is 7.98. The Bertz CT molecular complexity index is 1290. The SMILES string of the molecule is COC(=O)c1cn(S(=O)(=O)c2ccc(SC)c(C(=O)N3CCCCC3)c2)c2ccccc12. The number of esters is 1.